The zero-order valence-electron chi connectivity index (χ0n) is 15.8. The Hall–Kier alpha value is -2.73. The summed E-state index contributed by atoms with van der Waals surface area (Å²) in [4.78, 5) is 11.4. The van der Waals surface area contributed by atoms with Gasteiger partial charge in [-0.2, -0.15) is 0 Å². The fourth-order valence-corrected chi connectivity index (χ4v) is 4.38. The zero-order valence-corrected chi connectivity index (χ0v) is 16.6. The maximum atomic E-state index is 5.64. The molecule has 1 aliphatic rings. The van der Waals surface area contributed by atoms with Crippen molar-refractivity contribution in [3.8, 4) is 5.82 Å². The molecule has 4 heterocycles. The normalized spacial score (nSPS) is 19.4. The Kier molecular flexibility index (Phi) is 4.66. The van der Waals surface area contributed by atoms with E-state index in [0.717, 1.165) is 28.9 Å². The van der Waals surface area contributed by atoms with Crippen LogP contribution in [0, 0.1) is 13.8 Å². The lowest BCUT2D eigenvalue weighted by molar-refractivity contribution is 0.329. The number of nitrogens with zero attached hydrogens (tertiary/aromatic N) is 4. The van der Waals surface area contributed by atoms with Crippen LogP contribution in [0.1, 0.15) is 41.7 Å². The Bertz CT molecular complexity index is 951. The lowest BCUT2D eigenvalue weighted by Crippen LogP contribution is -2.29. The molecule has 1 fully saturated rings. The van der Waals surface area contributed by atoms with Gasteiger partial charge in [-0.05, 0) is 68.9 Å². The third-order valence-electron chi connectivity index (χ3n) is 5.21. The highest BCUT2D eigenvalue weighted by atomic mass is 32.1. The first kappa shape index (κ1) is 17.7. The topological polar surface area (TPSA) is 46.0 Å². The number of aromatic nitrogens is 3. The van der Waals surface area contributed by atoms with E-state index in [1.54, 1.807) is 0 Å². The van der Waals surface area contributed by atoms with Crippen molar-refractivity contribution in [1.82, 2.24) is 24.8 Å². The summed E-state index contributed by atoms with van der Waals surface area (Å²) in [6.07, 6.45) is 3.66. The predicted octanol–water partition coefficient (Wildman–Crippen LogP) is 3.88. The van der Waals surface area contributed by atoms with Crippen molar-refractivity contribution in [1.29, 1.82) is 0 Å². The lowest BCUT2D eigenvalue weighted by atomic mass is 9.97. The number of hydrogen-bond donors (Lipinski definition) is 1. The molecule has 138 valence electrons. The smallest absolute Gasteiger partial charge is 0.170 e. The number of hydrogen-bond acceptors (Lipinski definition) is 3. The fraction of sp³-hybridized carbons (Fsp3) is 0.286. The van der Waals surface area contributed by atoms with E-state index >= 15 is 0 Å². The molecule has 0 bridgehead atoms. The molecule has 0 spiro atoms. The SMILES string of the molecule is CCN1C(=S)N[C@H](c2ccccn2)[C@H]1c1cc(C)n(-c2ccccn2)c1C. The molecule has 0 saturated carbocycles. The lowest BCUT2D eigenvalue weighted by Gasteiger charge is -2.27. The molecule has 3 aromatic heterocycles. The first-order chi connectivity index (χ1) is 13.1. The Morgan fingerprint density at radius 1 is 1.07 bits per heavy atom. The van der Waals surface area contributed by atoms with Crippen LogP contribution in [0.15, 0.2) is 54.9 Å². The van der Waals surface area contributed by atoms with E-state index < -0.39 is 0 Å². The molecule has 5 nitrogen and oxygen atoms in total. The van der Waals surface area contributed by atoms with Gasteiger partial charge >= 0.3 is 0 Å². The standard InChI is InChI=1S/C21H23N5S/c1-4-25-20(19(24-21(25)27)17-9-5-7-11-22-17)16-13-14(2)26(15(16)3)18-10-6-8-12-23-18/h5-13,19-20H,4H2,1-3H3,(H,24,27)/t19-,20-/m1/s1. The van der Waals surface area contributed by atoms with Gasteiger partial charge in [0, 0.05) is 30.3 Å². The van der Waals surface area contributed by atoms with Crippen molar-refractivity contribution in [2.45, 2.75) is 32.9 Å². The second-order valence-corrected chi connectivity index (χ2v) is 7.15. The molecule has 4 rings (SSSR count). The molecule has 0 radical (unpaired) electrons. The quantitative estimate of drug-likeness (QED) is 0.699. The molecule has 1 aliphatic heterocycles. The van der Waals surface area contributed by atoms with Crippen LogP contribution < -0.4 is 5.32 Å². The number of aryl methyl sites for hydroxylation is 1. The van der Waals surface area contributed by atoms with E-state index in [-0.39, 0.29) is 12.1 Å². The first-order valence-corrected chi connectivity index (χ1v) is 9.61. The molecule has 1 N–H and O–H groups in total. The van der Waals surface area contributed by atoms with E-state index in [0.29, 0.717) is 0 Å². The molecule has 0 aliphatic carbocycles. The zero-order chi connectivity index (χ0) is 19.0. The van der Waals surface area contributed by atoms with Gasteiger partial charge in [0.2, 0.25) is 0 Å². The van der Waals surface area contributed by atoms with E-state index in [4.69, 9.17) is 12.2 Å². The molecule has 3 aromatic rings. The number of rotatable bonds is 4. The fourth-order valence-electron chi connectivity index (χ4n) is 4.01. The van der Waals surface area contributed by atoms with Gasteiger partial charge in [0.1, 0.15) is 5.82 Å². The summed E-state index contributed by atoms with van der Waals surface area (Å²) in [5, 5.41) is 4.26. The van der Waals surface area contributed by atoms with Gasteiger partial charge in [0.15, 0.2) is 5.11 Å². The van der Waals surface area contributed by atoms with Crippen LogP contribution in [0.4, 0.5) is 0 Å². The summed E-state index contributed by atoms with van der Waals surface area (Å²) in [6, 6.07) is 14.4. The minimum atomic E-state index is 0.0244. The Morgan fingerprint density at radius 3 is 2.44 bits per heavy atom. The highest BCUT2D eigenvalue weighted by molar-refractivity contribution is 7.80. The summed E-state index contributed by atoms with van der Waals surface area (Å²) >= 11 is 5.64. The molecule has 0 amide bonds. The van der Waals surface area contributed by atoms with Gasteiger partial charge in [-0.1, -0.05) is 12.1 Å². The van der Waals surface area contributed by atoms with Crippen molar-refractivity contribution in [3.63, 3.8) is 0 Å². The molecule has 27 heavy (non-hydrogen) atoms. The Balaban J connectivity index is 1.84. The highest BCUT2D eigenvalue weighted by Gasteiger charge is 2.40. The van der Waals surface area contributed by atoms with Gasteiger partial charge in [0.25, 0.3) is 0 Å². The summed E-state index contributed by atoms with van der Waals surface area (Å²) < 4.78 is 2.21. The van der Waals surface area contributed by atoms with Crippen molar-refractivity contribution >= 4 is 17.3 Å². The van der Waals surface area contributed by atoms with Crippen LogP contribution in [-0.4, -0.2) is 31.1 Å². The molecule has 6 heteroatoms. The molecular formula is C21H23N5S. The van der Waals surface area contributed by atoms with Crippen molar-refractivity contribution in [2.75, 3.05) is 6.54 Å². The van der Waals surface area contributed by atoms with Crippen molar-refractivity contribution in [3.05, 3.63) is 77.5 Å². The number of likely N-dealkylation sites (N-methyl/N-ethyl adjacent to an activating group) is 1. The average molecular weight is 378 g/mol. The first-order valence-electron chi connectivity index (χ1n) is 9.20. The summed E-state index contributed by atoms with van der Waals surface area (Å²) in [6.45, 7) is 7.26. The van der Waals surface area contributed by atoms with Crippen LogP contribution in [0.2, 0.25) is 0 Å². The summed E-state index contributed by atoms with van der Waals surface area (Å²) in [5.41, 5.74) is 4.60. The van der Waals surface area contributed by atoms with Crippen molar-refractivity contribution in [2.24, 2.45) is 0 Å². The minimum Gasteiger partial charge on any atom is -0.352 e. The maximum Gasteiger partial charge on any atom is 0.170 e. The number of nitrogens with one attached hydrogen (secondary N) is 1. The van der Waals surface area contributed by atoms with Gasteiger partial charge < -0.3 is 14.8 Å². The maximum absolute atomic E-state index is 5.64. The Labute approximate surface area is 165 Å². The van der Waals surface area contributed by atoms with Gasteiger partial charge in [0.05, 0.1) is 17.8 Å². The summed E-state index contributed by atoms with van der Waals surface area (Å²) in [5.74, 6) is 0.935. The van der Waals surface area contributed by atoms with E-state index in [2.05, 4.69) is 57.7 Å². The van der Waals surface area contributed by atoms with E-state index in [9.17, 15) is 0 Å². The van der Waals surface area contributed by atoms with Crippen LogP contribution in [0.5, 0.6) is 0 Å². The predicted molar refractivity (Wildman–Crippen MR) is 111 cm³/mol. The Morgan fingerprint density at radius 2 is 1.81 bits per heavy atom. The van der Waals surface area contributed by atoms with Gasteiger partial charge in [-0.15, -0.1) is 0 Å². The molecular weight excluding hydrogens is 354 g/mol. The highest BCUT2D eigenvalue weighted by Crippen LogP contribution is 2.40. The van der Waals surface area contributed by atoms with Crippen molar-refractivity contribution < 1.29 is 0 Å². The molecule has 0 unspecified atom stereocenters. The number of pyridine rings is 2. The van der Waals surface area contributed by atoms with Gasteiger partial charge in [-0.3, -0.25) is 4.98 Å². The monoisotopic (exact) mass is 377 g/mol. The molecule has 0 aromatic carbocycles. The second kappa shape index (κ2) is 7.12. The van der Waals surface area contributed by atoms with Crippen LogP contribution in [0.3, 0.4) is 0 Å². The van der Waals surface area contributed by atoms with Crippen LogP contribution in [-0.2, 0) is 0 Å². The van der Waals surface area contributed by atoms with E-state index in [1.165, 1.54) is 11.3 Å². The molecule has 1 saturated heterocycles. The minimum absolute atomic E-state index is 0.0244. The van der Waals surface area contributed by atoms with Crippen LogP contribution >= 0.6 is 12.2 Å². The summed E-state index contributed by atoms with van der Waals surface area (Å²) in [7, 11) is 0. The largest absolute Gasteiger partial charge is 0.352 e. The average Bonchev–Trinajstić information content (AvgIpc) is 3.18. The third-order valence-corrected chi connectivity index (χ3v) is 5.56. The number of thiocarbonyl (C=S) groups is 1. The van der Waals surface area contributed by atoms with Crippen LogP contribution in [0.25, 0.3) is 5.82 Å². The third kappa shape index (κ3) is 3.00. The van der Waals surface area contributed by atoms with E-state index in [1.807, 2.05) is 42.7 Å². The van der Waals surface area contributed by atoms with Gasteiger partial charge in [-0.25, -0.2) is 4.98 Å². The second-order valence-electron chi connectivity index (χ2n) is 6.76. The molecule has 2 atom stereocenters.